The van der Waals surface area contributed by atoms with E-state index in [0.29, 0.717) is 34.6 Å². The monoisotopic (exact) mass is 465 g/mol. The van der Waals surface area contributed by atoms with Gasteiger partial charge in [0.15, 0.2) is 0 Å². The fourth-order valence-corrected chi connectivity index (χ4v) is 3.87. The Morgan fingerprint density at radius 2 is 2.06 bits per heavy atom. The molecule has 3 rings (SSSR count). The highest BCUT2D eigenvalue weighted by Gasteiger charge is 2.45. The summed E-state index contributed by atoms with van der Waals surface area (Å²) in [5.74, 6) is -1.39. The van der Waals surface area contributed by atoms with Crippen LogP contribution in [0.4, 0.5) is 10.1 Å². The molecular formula is C25H28FN5O3. The number of hydrogen-bond acceptors (Lipinski definition) is 8. The highest BCUT2D eigenvalue weighted by Crippen LogP contribution is 2.50. The molecule has 0 aliphatic heterocycles. The molecule has 1 aliphatic carbocycles. The molecule has 2 aromatic carbocycles. The lowest BCUT2D eigenvalue weighted by molar-refractivity contribution is -0.137. The summed E-state index contributed by atoms with van der Waals surface area (Å²) in [7, 11) is 1.72. The van der Waals surface area contributed by atoms with Gasteiger partial charge < -0.3 is 25.9 Å². The Bertz CT molecular complexity index is 1150. The molecule has 0 heterocycles. The Morgan fingerprint density at radius 3 is 2.71 bits per heavy atom. The quantitative estimate of drug-likeness (QED) is 0.143. The van der Waals surface area contributed by atoms with Crippen molar-refractivity contribution >= 4 is 17.9 Å². The first-order valence-corrected chi connectivity index (χ1v) is 10.9. The van der Waals surface area contributed by atoms with Crippen LogP contribution in [0.5, 0.6) is 0 Å². The van der Waals surface area contributed by atoms with Gasteiger partial charge in [0.1, 0.15) is 5.82 Å². The molecule has 178 valence electrons. The minimum atomic E-state index is -0.620. The predicted molar refractivity (Wildman–Crippen MR) is 128 cm³/mol. The SMILES string of the molecule is CCOC(=O)/C(C=N)=C(/Nc1cccc(-c2cccc(CO)c2F)c1)[C@H]1CC1/C(=C/NC)N=N. The molecule has 1 fully saturated rings. The topological polar surface area (TPSA) is 131 Å². The first kappa shape index (κ1) is 24.8. The Labute approximate surface area is 197 Å². The van der Waals surface area contributed by atoms with E-state index in [0.717, 1.165) is 6.21 Å². The third kappa shape index (κ3) is 5.37. The molecule has 2 aromatic rings. The molecule has 0 bridgehead atoms. The number of benzene rings is 2. The fourth-order valence-electron chi connectivity index (χ4n) is 3.87. The van der Waals surface area contributed by atoms with Gasteiger partial charge in [0, 0.05) is 53.8 Å². The summed E-state index contributed by atoms with van der Waals surface area (Å²) in [5, 5.41) is 26.9. The number of rotatable bonds is 11. The summed E-state index contributed by atoms with van der Waals surface area (Å²) < 4.78 is 19.9. The van der Waals surface area contributed by atoms with E-state index in [2.05, 4.69) is 15.7 Å². The highest BCUT2D eigenvalue weighted by molar-refractivity contribution is 6.10. The summed E-state index contributed by atoms with van der Waals surface area (Å²) in [5.41, 5.74) is 10.3. The fraction of sp³-hybridized carbons (Fsp3) is 0.280. The molecule has 1 aliphatic rings. The molecule has 5 N–H and O–H groups in total. The van der Waals surface area contributed by atoms with Crippen molar-refractivity contribution in [3.05, 3.63) is 77.0 Å². The summed E-state index contributed by atoms with van der Waals surface area (Å²) in [6.07, 6.45) is 3.24. The van der Waals surface area contributed by atoms with E-state index < -0.39 is 18.4 Å². The predicted octanol–water partition coefficient (Wildman–Crippen LogP) is 4.59. The van der Waals surface area contributed by atoms with Crippen LogP contribution in [-0.2, 0) is 16.1 Å². The molecular weight excluding hydrogens is 437 g/mol. The highest BCUT2D eigenvalue weighted by atomic mass is 19.1. The van der Waals surface area contributed by atoms with Crippen LogP contribution in [-0.4, -0.2) is 30.9 Å². The van der Waals surface area contributed by atoms with Crippen LogP contribution in [0, 0.1) is 28.6 Å². The van der Waals surface area contributed by atoms with E-state index in [9.17, 15) is 14.3 Å². The van der Waals surface area contributed by atoms with Crippen LogP contribution in [0.2, 0.25) is 0 Å². The van der Waals surface area contributed by atoms with Crippen LogP contribution in [0.25, 0.3) is 11.1 Å². The number of halogens is 1. The Balaban J connectivity index is 2.01. The number of allylic oxidation sites excluding steroid dienone is 2. The van der Waals surface area contributed by atoms with Crippen molar-refractivity contribution in [2.75, 3.05) is 19.0 Å². The number of anilines is 1. The smallest absolute Gasteiger partial charge is 0.341 e. The van der Waals surface area contributed by atoms with Gasteiger partial charge in [-0.3, -0.25) is 0 Å². The van der Waals surface area contributed by atoms with Gasteiger partial charge in [0.25, 0.3) is 0 Å². The summed E-state index contributed by atoms with van der Waals surface area (Å²) in [6.45, 7) is 1.46. The van der Waals surface area contributed by atoms with Crippen LogP contribution in [0.15, 0.2) is 70.7 Å². The van der Waals surface area contributed by atoms with Gasteiger partial charge in [0.2, 0.25) is 0 Å². The van der Waals surface area contributed by atoms with Crippen LogP contribution < -0.4 is 10.6 Å². The summed E-state index contributed by atoms with van der Waals surface area (Å²) in [6, 6.07) is 11.9. The zero-order valence-corrected chi connectivity index (χ0v) is 19.1. The summed E-state index contributed by atoms with van der Waals surface area (Å²) >= 11 is 0. The lowest BCUT2D eigenvalue weighted by Crippen LogP contribution is -2.17. The molecule has 1 saturated carbocycles. The first-order chi connectivity index (χ1) is 16.5. The van der Waals surface area contributed by atoms with Crippen molar-refractivity contribution in [1.29, 1.82) is 10.9 Å². The van der Waals surface area contributed by atoms with Gasteiger partial charge in [-0.15, -0.1) is 0 Å². The number of esters is 1. The van der Waals surface area contributed by atoms with Crippen molar-refractivity contribution in [2.45, 2.75) is 20.0 Å². The Hall–Kier alpha value is -3.85. The normalized spacial score (nSPS) is 17.9. The molecule has 2 atom stereocenters. The lowest BCUT2D eigenvalue weighted by Gasteiger charge is -2.16. The van der Waals surface area contributed by atoms with Crippen LogP contribution in [0.3, 0.4) is 0 Å². The average Bonchev–Trinajstić information content (AvgIpc) is 3.63. The number of nitrogens with zero attached hydrogens (tertiary/aromatic N) is 1. The minimum absolute atomic E-state index is 0.0852. The van der Waals surface area contributed by atoms with Crippen molar-refractivity contribution in [1.82, 2.24) is 5.32 Å². The maximum absolute atomic E-state index is 14.8. The largest absolute Gasteiger partial charge is 0.462 e. The molecule has 8 nitrogen and oxygen atoms in total. The van der Waals surface area contributed by atoms with E-state index in [1.54, 1.807) is 56.6 Å². The first-order valence-electron chi connectivity index (χ1n) is 10.9. The number of carbonyl (C=O) groups excluding carboxylic acids is 1. The van der Waals surface area contributed by atoms with Crippen molar-refractivity contribution in [3.8, 4) is 11.1 Å². The van der Waals surface area contributed by atoms with Gasteiger partial charge in [-0.2, -0.15) is 5.11 Å². The van der Waals surface area contributed by atoms with E-state index >= 15 is 0 Å². The van der Waals surface area contributed by atoms with Crippen molar-refractivity contribution in [2.24, 2.45) is 17.0 Å². The lowest BCUT2D eigenvalue weighted by atomic mass is 10.0. The second-order valence-corrected chi connectivity index (χ2v) is 7.75. The van der Waals surface area contributed by atoms with Crippen LogP contribution in [0.1, 0.15) is 18.9 Å². The van der Waals surface area contributed by atoms with Gasteiger partial charge in [0.05, 0.1) is 24.5 Å². The van der Waals surface area contributed by atoms with Crippen molar-refractivity contribution < 1.29 is 19.0 Å². The van der Waals surface area contributed by atoms with Gasteiger partial charge in [-0.1, -0.05) is 30.3 Å². The molecule has 0 radical (unpaired) electrons. The van der Waals surface area contributed by atoms with Crippen molar-refractivity contribution in [3.63, 3.8) is 0 Å². The third-order valence-electron chi connectivity index (χ3n) is 5.59. The van der Waals surface area contributed by atoms with Crippen LogP contribution >= 0.6 is 0 Å². The van der Waals surface area contributed by atoms with Gasteiger partial charge >= 0.3 is 5.97 Å². The standard InChI is InChI=1S/C25H28FN5O3/c1-3-34-25(33)21(12-27)24(20-11-19(20)22(31-28)13-29-2)30-17-8-4-6-15(10-17)18-9-5-7-16(14-32)23(18)26/h4-10,12-13,19-20,27-30,32H,3,11,14H2,1-2H3/b22-13-,24-21+,27-12?,31-28?/t19?,20-/m0/s1. The average molecular weight is 466 g/mol. The van der Waals surface area contributed by atoms with E-state index in [4.69, 9.17) is 15.7 Å². The summed E-state index contributed by atoms with van der Waals surface area (Å²) in [4.78, 5) is 12.6. The molecule has 1 unspecified atom stereocenters. The molecule has 34 heavy (non-hydrogen) atoms. The van der Waals surface area contributed by atoms with E-state index in [-0.39, 0.29) is 29.6 Å². The van der Waals surface area contributed by atoms with Gasteiger partial charge in [-0.25, -0.2) is 14.7 Å². The zero-order valence-electron chi connectivity index (χ0n) is 19.1. The maximum Gasteiger partial charge on any atom is 0.341 e. The number of aliphatic hydroxyl groups is 1. The number of carbonyl (C=O) groups is 1. The second-order valence-electron chi connectivity index (χ2n) is 7.75. The molecule has 0 amide bonds. The molecule has 9 heteroatoms. The van der Waals surface area contributed by atoms with E-state index in [1.165, 1.54) is 6.07 Å². The number of hydrogen-bond donors (Lipinski definition) is 5. The second kappa shape index (κ2) is 11.3. The van der Waals surface area contributed by atoms with Gasteiger partial charge in [-0.05, 0) is 31.0 Å². The zero-order chi connectivity index (χ0) is 24.7. The Morgan fingerprint density at radius 1 is 1.29 bits per heavy atom. The number of aliphatic hydroxyl groups excluding tert-OH is 1. The van der Waals surface area contributed by atoms with E-state index in [1.807, 2.05) is 0 Å². The number of nitrogens with one attached hydrogen (secondary N) is 4. The molecule has 0 aromatic heterocycles. The number of ether oxygens (including phenoxy) is 1. The molecule has 0 saturated heterocycles. The Kier molecular flexibility index (Phi) is 8.26. The minimum Gasteiger partial charge on any atom is -0.462 e. The molecule has 0 spiro atoms. The maximum atomic E-state index is 14.8. The third-order valence-corrected chi connectivity index (χ3v) is 5.59.